The highest BCUT2D eigenvalue weighted by atomic mass is 32.2. The van der Waals surface area contributed by atoms with Crippen molar-refractivity contribution in [3.63, 3.8) is 0 Å². The normalized spacial score (nSPS) is 22.5. The average molecular weight is 358 g/mol. The molecule has 2 unspecified atom stereocenters. The van der Waals surface area contributed by atoms with Crippen molar-refractivity contribution in [1.29, 1.82) is 0 Å². The molecule has 2 aromatic rings. The van der Waals surface area contributed by atoms with E-state index in [1.807, 2.05) is 58.0 Å². The van der Waals surface area contributed by atoms with E-state index < -0.39 is 22.4 Å². The van der Waals surface area contributed by atoms with E-state index in [1.54, 1.807) is 19.1 Å². The Morgan fingerprint density at radius 3 is 2.16 bits per heavy atom. The Balaban J connectivity index is 1.87. The molecule has 3 rings (SSSR count). The fourth-order valence-corrected chi connectivity index (χ4v) is 4.00. The Hall–Kier alpha value is -1.98. The molecular weight excluding hydrogens is 336 g/mol. The van der Waals surface area contributed by atoms with Crippen molar-refractivity contribution in [3.8, 4) is 5.75 Å². The molecule has 0 aromatic heterocycles. The van der Waals surface area contributed by atoms with E-state index in [9.17, 15) is 9.00 Å². The Bertz CT molecular complexity index is 854. The standard InChI is InChI=1S/C20H22O4S/c1-13-6-9-15(10-7-13)23-25(22)24-20(5)18(21)16-11-8-14(2)12-17(16)19(20,3)4/h6-12H,1-5H3. The van der Waals surface area contributed by atoms with Crippen molar-refractivity contribution >= 4 is 17.1 Å². The molecule has 1 aliphatic rings. The fraction of sp³-hybridized carbons (Fsp3) is 0.350. The lowest BCUT2D eigenvalue weighted by molar-refractivity contribution is 0.0314. The Morgan fingerprint density at radius 1 is 0.920 bits per heavy atom. The van der Waals surface area contributed by atoms with E-state index in [1.165, 1.54) is 0 Å². The number of carbonyl (C=O) groups is 1. The minimum Gasteiger partial charge on any atom is -0.380 e. The van der Waals surface area contributed by atoms with Crippen LogP contribution in [0.5, 0.6) is 5.75 Å². The summed E-state index contributed by atoms with van der Waals surface area (Å²) in [6.07, 6.45) is 0. The second-order valence-corrected chi connectivity index (χ2v) is 7.96. The molecule has 4 nitrogen and oxygen atoms in total. The average Bonchev–Trinajstić information content (AvgIpc) is 2.68. The predicted octanol–water partition coefficient (Wildman–Crippen LogP) is 4.21. The summed E-state index contributed by atoms with van der Waals surface area (Å²) in [4.78, 5) is 13.0. The largest absolute Gasteiger partial charge is 0.380 e. The van der Waals surface area contributed by atoms with Gasteiger partial charge in [0.15, 0.2) is 11.4 Å². The van der Waals surface area contributed by atoms with E-state index in [0.29, 0.717) is 11.3 Å². The zero-order chi connectivity index (χ0) is 18.4. The second-order valence-electron chi connectivity index (χ2n) is 7.22. The summed E-state index contributed by atoms with van der Waals surface area (Å²) in [5, 5.41) is 0. The number of aryl methyl sites for hydroxylation is 2. The summed E-state index contributed by atoms with van der Waals surface area (Å²) in [6, 6.07) is 12.9. The van der Waals surface area contributed by atoms with E-state index in [4.69, 9.17) is 8.37 Å². The SMILES string of the molecule is Cc1ccc(OS(=O)OC2(C)C(=O)c3ccc(C)cc3C2(C)C)cc1. The van der Waals surface area contributed by atoms with Gasteiger partial charge in [-0.1, -0.05) is 55.3 Å². The summed E-state index contributed by atoms with van der Waals surface area (Å²) < 4.78 is 23.5. The van der Waals surface area contributed by atoms with Crippen LogP contribution < -0.4 is 4.18 Å². The smallest absolute Gasteiger partial charge is 0.361 e. The van der Waals surface area contributed by atoms with Crippen LogP contribution in [0.3, 0.4) is 0 Å². The van der Waals surface area contributed by atoms with Gasteiger partial charge in [-0.25, -0.2) is 4.18 Å². The van der Waals surface area contributed by atoms with Gasteiger partial charge in [0.25, 0.3) is 0 Å². The minimum absolute atomic E-state index is 0.173. The van der Waals surface area contributed by atoms with Crippen LogP contribution in [0.2, 0.25) is 0 Å². The second kappa shape index (κ2) is 6.07. The molecule has 0 radical (unpaired) electrons. The lowest BCUT2D eigenvalue weighted by atomic mass is 9.75. The third-order valence-electron chi connectivity index (χ3n) is 5.14. The van der Waals surface area contributed by atoms with Gasteiger partial charge in [0.05, 0.1) is 0 Å². The molecule has 0 fully saturated rings. The van der Waals surface area contributed by atoms with Crippen LogP contribution in [0.25, 0.3) is 0 Å². The third kappa shape index (κ3) is 2.92. The van der Waals surface area contributed by atoms with Crippen molar-refractivity contribution in [2.75, 3.05) is 0 Å². The Kier molecular flexibility index (Phi) is 4.33. The van der Waals surface area contributed by atoms with Gasteiger partial charge in [0.1, 0.15) is 5.75 Å². The monoisotopic (exact) mass is 358 g/mol. The number of hydrogen-bond donors (Lipinski definition) is 0. The maximum absolute atomic E-state index is 13.0. The molecule has 0 heterocycles. The van der Waals surface area contributed by atoms with E-state index in [2.05, 4.69) is 0 Å². The van der Waals surface area contributed by atoms with Crippen LogP contribution in [-0.4, -0.2) is 15.6 Å². The third-order valence-corrected chi connectivity index (χ3v) is 5.94. The minimum atomic E-state index is -2.09. The summed E-state index contributed by atoms with van der Waals surface area (Å²) in [6.45, 7) is 9.48. The highest BCUT2D eigenvalue weighted by Gasteiger charge is 2.58. The maximum Gasteiger partial charge on any atom is 0.361 e. The zero-order valence-electron chi connectivity index (χ0n) is 15.1. The van der Waals surface area contributed by atoms with Crippen molar-refractivity contribution in [1.82, 2.24) is 0 Å². The molecule has 0 N–H and O–H groups in total. The molecule has 0 aliphatic heterocycles. The molecule has 0 saturated heterocycles. The van der Waals surface area contributed by atoms with Gasteiger partial charge >= 0.3 is 11.4 Å². The van der Waals surface area contributed by atoms with Gasteiger partial charge < -0.3 is 4.18 Å². The number of rotatable bonds is 4. The summed E-state index contributed by atoms with van der Waals surface area (Å²) in [7, 11) is 0. The Labute approximate surface area is 151 Å². The first-order chi connectivity index (χ1) is 11.6. The van der Waals surface area contributed by atoms with Crippen molar-refractivity contribution in [2.24, 2.45) is 0 Å². The quantitative estimate of drug-likeness (QED) is 0.821. The van der Waals surface area contributed by atoms with Crippen LogP contribution >= 0.6 is 0 Å². The highest BCUT2D eigenvalue weighted by Crippen LogP contribution is 2.48. The molecule has 5 heteroatoms. The van der Waals surface area contributed by atoms with Crippen LogP contribution in [0.15, 0.2) is 42.5 Å². The van der Waals surface area contributed by atoms with Gasteiger partial charge in [-0.2, -0.15) is 4.21 Å². The van der Waals surface area contributed by atoms with E-state index in [0.717, 1.165) is 16.7 Å². The van der Waals surface area contributed by atoms with Crippen LogP contribution in [0, 0.1) is 13.8 Å². The lowest BCUT2D eigenvalue weighted by Crippen LogP contribution is -2.49. The predicted molar refractivity (Wildman–Crippen MR) is 98.0 cm³/mol. The topological polar surface area (TPSA) is 52.6 Å². The highest BCUT2D eigenvalue weighted by molar-refractivity contribution is 7.75. The summed E-state index contributed by atoms with van der Waals surface area (Å²) >= 11 is -2.09. The molecule has 132 valence electrons. The summed E-state index contributed by atoms with van der Waals surface area (Å²) in [5.41, 5.74) is 1.78. The van der Waals surface area contributed by atoms with Crippen LogP contribution in [0.4, 0.5) is 0 Å². The zero-order valence-corrected chi connectivity index (χ0v) is 15.9. The lowest BCUT2D eigenvalue weighted by Gasteiger charge is -2.35. The molecule has 25 heavy (non-hydrogen) atoms. The first-order valence-electron chi connectivity index (χ1n) is 8.17. The van der Waals surface area contributed by atoms with Crippen molar-refractivity contribution < 1.29 is 17.4 Å². The van der Waals surface area contributed by atoms with Crippen LogP contribution in [0.1, 0.15) is 47.8 Å². The molecular formula is C20H22O4S. The van der Waals surface area contributed by atoms with Gasteiger partial charge in [0, 0.05) is 11.0 Å². The van der Waals surface area contributed by atoms with Crippen molar-refractivity contribution in [2.45, 2.75) is 45.6 Å². The van der Waals surface area contributed by atoms with Crippen molar-refractivity contribution in [3.05, 3.63) is 64.7 Å². The Morgan fingerprint density at radius 2 is 1.52 bits per heavy atom. The summed E-state index contributed by atoms with van der Waals surface area (Å²) in [5.74, 6) is 0.262. The molecule has 0 bridgehead atoms. The van der Waals surface area contributed by atoms with Gasteiger partial charge in [0.2, 0.25) is 0 Å². The number of fused-ring (bicyclic) bond motifs is 1. The maximum atomic E-state index is 13.0. The van der Waals surface area contributed by atoms with Gasteiger partial charge in [-0.15, -0.1) is 0 Å². The number of benzene rings is 2. The molecule has 0 spiro atoms. The molecule has 0 saturated carbocycles. The van der Waals surface area contributed by atoms with Crippen LogP contribution in [-0.2, 0) is 21.0 Å². The number of carbonyl (C=O) groups excluding carboxylic acids is 1. The van der Waals surface area contributed by atoms with E-state index >= 15 is 0 Å². The van der Waals surface area contributed by atoms with E-state index in [-0.39, 0.29) is 5.78 Å². The molecule has 2 aromatic carbocycles. The molecule has 0 amide bonds. The first kappa shape index (κ1) is 17.8. The number of Topliss-reactive ketones (excluding diaryl/α,β-unsaturated/α-hetero) is 1. The molecule has 1 aliphatic carbocycles. The van der Waals surface area contributed by atoms with Gasteiger partial charge in [-0.3, -0.25) is 4.79 Å². The number of ketones is 1. The van der Waals surface area contributed by atoms with Gasteiger partial charge in [-0.05, 0) is 38.5 Å². The first-order valence-corrected chi connectivity index (χ1v) is 9.17. The molecule has 2 atom stereocenters. The number of hydrogen-bond acceptors (Lipinski definition) is 4. The fourth-order valence-electron chi connectivity index (χ4n) is 3.14.